The average Bonchev–Trinajstić information content (AvgIpc) is 2.20. The van der Waals surface area contributed by atoms with Gasteiger partial charge in [-0.1, -0.05) is 0 Å². The predicted molar refractivity (Wildman–Crippen MR) is 59.0 cm³/mol. The summed E-state index contributed by atoms with van der Waals surface area (Å²) in [6, 6.07) is 0.0716. The Balaban J connectivity index is 3.46. The number of rotatable bonds is 8. The highest BCUT2D eigenvalue weighted by atomic mass is 16.5. The van der Waals surface area contributed by atoms with Gasteiger partial charge >= 0.3 is 0 Å². The molecule has 0 spiro atoms. The molecule has 6 heteroatoms. The van der Waals surface area contributed by atoms with Crippen molar-refractivity contribution >= 4 is 11.8 Å². The Labute approximate surface area is 95.7 Å². The van der Waals surface area contributed by atoms with E-state index in [1.807, 2.05) is 13.8 Å². The van der Waals surface area contributed by atoms with Crippen molar-refractivity contribution in [3.8, 4) is 0 Å². The molecule has 6 nitrogen and oxygen atoms in total. The van der Waals surface area contributed by atoms with E-state index < -0.39 is 0 Å². The van der Waals surface area contributed by atoms with Crippen molar-refractivity contribution in [1.82, 2.24) is 10.6 Å². The Morgan fingerprint density at radius 3 is 2.44 bits per heavy atom. The maximum atomic E-state index is 11.1. The van der Waals surface area contributed by atoms with Crippen LogP contribution in [0.5, 0.6) is 0 Å². The fourth-order valence-corrected chi connectivity index (χ4v) is 0.910. The van der Waals surface area contributed by atoms with Gasteiger partial charge in [0.15, 0.2) is 0 Å². The summed E-state index contributed by atoms with van der Waals surface area (Å²) in [5.74, 6) is -0.518. The van der Waals surface area contributed by atoms with Gasteiger partial charge in [-0.25, -0.2) is 0 Å². The van der Waals surface area contributed by atoms with E-state index in [1.165, 1.54) is 0 Å². The molecule has 0 aliphatic heterocycles. The first-order chi connectivity index (χ1) is 7.56. The summed E-state index contributed by atoms with van der Waals surface area (Å²) in [7, 11) is 1.56. The molecule has 0 saturated heterocycles. The van der Waals surface area contributed by atoms with Crippen LogP contribution in [-0.4, -0.2) is 51.3 Å². The van der Waals surface area contributed by atoms with E-state index in [2.05, 4.69) is 10.6 Å². The molecule has 0 heterocycles. The Morgan fingerprint density at radius 1 is 1.19 bits per heavy atom. The quantitative estimate of drug-likeness (QED) is 0.542. The molecular weight excluding hydrogens is 212 g/mol. The minimum atomic E-state index is -0.310. The Bertz CT molecular complexity index is 219. The molecule has 2 N–H and O–H groups in total. The third-order valence-electron chi connectivity index (χ3n) is 1.56. The van der Waals surface area contributed by atoms with Crippen LogP contribution >= 0.6 is 0 Å². The van der Waals surface area contributed by atoms with Crippen molar-refractivity contribution in [2.45, 2.75) is 19.9 Å². The van der Waals surface area contributed by atoms with Crippen LogP contribution < -0.4 is 10.6 Å². The van der Waals surface area contributed by atoms with Crippen LogP contribution in [0.1, 0.15) is 13.8 Å². The average molecular weight is 232 g/mol. The van der Waals surface area contributed by atoms with Crippen LogP contribution in [-0.2, 0) is 19.1 Å². The van der Waals surface area contributed by atoms with Crippen LogP contribution in [0, 0.1) is 0 Å². The number of carbonyl (C=O) groups excluding carboxylic acids is 2. The number of hydrogen-bond acceptors (Lipinski definition) is 4. The Hall–Kier alpha value is -1.14. The molecule has 94 valence electrons. The van der Waals surface area contributed by atoms with Gasteiger partial charge in [-0.15, -0.1) is 0 Å². The van der Waals surface area contributed by atoms with Crippen LogP contribution in [0.15, 0.2) is 0 Å². The Morgan fingerprint density at radius 2 is 1.88 bits per heavy atom. The smallest absolute Gasteiger partial charge is 0.246 e. The normalized spacial score (nSPS) is 10.2. The highest BCUT2D eigenvalue weighted by molar-refractivity contribution is 5.85. The summed E-state index contributed by atoms with van der Waals surface area (Å²) < 4.78 is 9.73. The van der Waals surface area contributed by atoms with Crippen molar-refractivity contribution in [2.24, 2.45) is 0 Å². The molecule has 0 unspecified atom stereocenters. The molecule has 0 aromatic rings. The van der Waals surface area contributed by atoms with E-state index in [4.69, 9.17) is 9.47 Å². The van der Waals surface area contributed by atoms with E-state index in [0.717, 1.165) is 0 Å². The van der Waals surface area contributed by atoms with Crippen molar-refractivity contribution in [3.63, 3.8) is 0 Å². The second-order valence-corrected chi connectivity index (χ2v) is 3.54. The second kappa shape index (κ2) is 9.11. The monoisotopic (exact) mass is 232 g/mol. The van der Waals surface area contributed by atoms with E-state index in [-0.39, 0.29) is 31.0 Å². The molecule has 0 saturated carbocycles. The molecule has 16 heavy (non-hydrogen) atoms. The first-order valence-corrected chi connectivity index (χ1v) is 5.19. The van der Waals surface area contributed by atoms with Crippen molar-refractivity contribution < 1.29 is 19.1 Å². The summed E-state index contributed by atoms with van der Waals surface area (Å²) >= 11 is 0. The van der Waals surface area contributed by atoms with Gasteiger partial charge in [0.25, 0.3) is 0 Å². The molecule has 0 aromatic heterocycles. The maximum Gasteiger partial charge on any atom is 0.246 e. The number of nitrogens with one attached hydrogen (secondary N) is 2. The van der Waals surface area contributed by atoms with Gasteiger partial charge in [0.1, 0.15) is 6.61 Å². The minimum Gasteiger partial charge on any atom is -0.382 e. The van der Waals surface area contributed by atoms with Crippen molar-refractivity contribution in [2.75, 3.05) is 33.5 Å². The van der Waals surface area contributed by atoms with Gasteiger partial charge in [0, 0.05) is 13.2 Å². The van der Waals surface area contributed by atoms with E-state index in [9.17, 15) is 9.59 Å². The summed E-state index contributed by atoms with van der Waals surface area (Å²) in [5, 5.41) is 5.11. The Kier molecular flexibility index (Phi) is 8.46. The highest BCUT2D eigenvalue weighted by Crippen LogP contribution is 1.78. The highest BCUT2D eigenvalue weighted by Gasteiger charge is 2.06. The van der Waals surface area contributed by atoms with Crippen molar-refractivity contribution in [1.29, 1.82) is 0 Å². The van der Waals surface area contributed by atoms with E-state index in [1.54, 1.807) is 7.11 Å². The van der Waals surface area contributed by atoms with Gasteiger partial charge in [-0.2, -0.15) is 0 Å². The summed E-state index contributed by atoms with van der Waals surface area (Å²) in [6.45, 7) is 4.44. The summed E-state index contributed by atoms with van der Waals surface area (Å²) in [4.78, 5) is 22.3. The lowest BCUT2D eigenvalue weighted by molar-refractivity contribution is -0.129. The topological polar surface area (TPSA) is 76.7 Å². The molecule has 0 aliphatic carbocycles. The van der Waals surface area contributed by atoms with Gasteiger partial charge in [0.2, 0.25) is 11.8 Å². The van der Waals surface area contributed by atoms with Gasteiger partial charge < -0.3 is 20.1 Å². The second-order valence-electron chi connectivity index (χ2n) is 3.54. The fourth-order valence-electron chi connectivity index (χ4n) is 0.910. The number of carbonyl (C=O) groups is 2. The fraction of sp³-hybridized carbons (Fsp3) is 0.800. The van der Waals surface area contributed by atoms with Crippen LogP contribution in [0.3, 0.4) is 0 Å². The zero-order valence-electron chi connectivity index (χ0n) is 10.0. The standard InChI is InChI=1S/C10H20N2O4/c1-8(2)12-9(13)6-11-10(14)7-16-5-4-15-3/h8H,4-7H2,1-3H3,(H,11,14)(H,12,13). The van der Waals surface area contributed by atoms with Crippen LogP contribution in [0.4, 0.5) is 0 Å². The van der Waals surface area contributed by atoms with Gasteiger partial charge in [0.05, 0.1) is 19.8 Å². The third-order valence-corrected chi connectivity index (χ3v) is 1.56. The van der Waals surface area contributed by atoms with E-state index in [0.29, 0.717) is 13.2 Å². The van der Waals surface area contributed by atoms with E-state index >= 15 is 0 Å². The zero-order valence-corrected chi connectivity index (χ0v) is 10.0. The number of methoxy groups -OCH3 is 1. The molecular formula is C10H20N2O4. The van der Waals surface area contributed by atoms with Crippen LogP contribution in [0.25, 0.3) is 0 Å². The first-order valence-electron chi connectivity index (χ1n) is 5.19. The lowest BCUT2D eigenvalue weighted by atomic mass is 10.4. The summed E-state index contributed by atoms with van der Waals surface area (Å²) in [5.41, 5.74) is 0. The SMILES string of the molecule is COCCOCC(=O)NCC(=O)NC(C)C. The van der Waals surface area contributed by atoms with Crippen LogP contribution in [0.2, 0.25) is 0 Å². The molecule has 0 radical (unpaired) electrons. The lowest BCUT2D eigenvalue weighted by Crippen LogP contribution is -2.40. The van der Waals surface area contributed by atoms with Gasteiger partial charge in [-0.05, 0) is 13.8 Å². The first kappa shape index (κ1) is 14.9. The van der Waals surface area contributed by atoms with Gasteiger partial charge in [-0.3, -0.25) is 9.59 Å². The molecule has 0 aliphatic rings. The zero-order chi connectivity index (χ0) is 12.4. The number of hydrogen-bond donors (Lipinski definition) is 2. The molecule has 0 rings (SSSR count). The lowest BCUT2D eigenvalue weighted by Gasteiger charge is -2.09. The predicted octanol–water partition coefficient (Wildman–Crippen LogP) is -0.710. The summed E-state index contributed by atoms with van der Waals surface area (Å²) in [6.07, 6.45) is 0. The minimum absolute atomic E-state index is 0.0232. The molecule has 0 aromatic carbocycles. The third kappa shape index (κ3) is 9.42. The number of ether oxygens (including phenoxy) is 2. The maximum absolute atomic E-state index is 11.1. The largest absolute Gasteiger partial charge is 0.382 e. The molecule has 0 atom stereocenters. The molecule has 0 fully saturated rings. The molecule has 0 bridgehead atoms. The number of amides is 2. The molecule has 2 amide bonds. The van der Waals surface area contributed by atoms with Crippen molar-refractivity contribution in [3.05, 3.63) is 0 Å².